The van der Waals surface area contributed by atoms with E-state index in [9.17, 15) is 4.79 Å². The summed E-state index contributed by atoms with van der Waals surface area (Å²) in [5.41, 5.74) is 0.0805. The molecule has 1 amide bonds. The average Bonchev–Trinajstić information content (AvgIpc) is 2.28. The zero-order valence-corrected chi connectivity index (χ0v) is 12.9. The summed E-state index contributed by atoms with van der Waals surface area (Å²) < 4.78 is 0. The Morgan fingerprint density at radius 2 is 1.89 bits per heavy atom. The van der Waals surface area contributed by atoms with E-state index in [1.807, 2.05) is 0 Å². The highest BCUT2D eigenvalue weighted by molar-refractivity contribution is 6.17. The van der Waals surface area contributed by atoms with Crippen LogP contribution in [-0.2, 0) is 4.79 Å². The van der Waals surface area contributed by atoms with Gasteiger partial charge in [0.25, 0.3) is 0 Å². The van der Waals surface area contributed by atoms with Crippen molar-refractivity contribution in [1.29, 1.82) is 0 Å². The monoisotopic (exact) mass is 273 g/mol. The van der Waals surface area contributed by atoms with E-state index in [0.717, 1.165) is 6.42 Å². The van der Waals surface area contributed by atoms with Crippen molar-refractivity contribution in [2.45, 2.75) is 71.8 Å². The summed E-state index contributed by atoms with van der Waals surface area (Å²) in [5.74, 6) is 1.42. The summed E-state index contributed by atoms with van der Waals surface area (Å²) in [6.07, 6.45) is 7.93. The zero-order valence-electron chi connectivity index (χ0n) is 12.1. The van der Waals surface area contributed by atoms with Crippen molar-refractivity contribution in [3.8, 4) is 0 Å². The maximum atomic E-state index is 12.1. The number of hydrogen-bond acceptors (Lipinski definition) is 1. The lowest BCUT2D eigenvalue weighted by Crippen LogP contribution is -2.44. The van der Waals surface area contributed by atoms with E-state index in [-0.39, 0.29) is 17.4 Å². The van der Waals surface area contributed by atoms with Gasteiger partial charge in [0.1, 0.15) is 0 Å². The maximum absolute atomic E-state index is 12.1. The van der Waals surface area contributed by atoms with Crippen LogP contribution in [0.3, 0.4) is 0 Å². The summed E-state index contributed by atoms with van der Waals surface area (Å²) >= 11 is 5.83. The van der Waals surface area contributed by atoms with E-state index >= 15 is 0 Å². The van der Waals surface area contributed by atoms with Gasteiger partial charge >= 0.3 is 0 Å². The smallest absolute Gasteiger partial charge is 0.220 e. The van der Waals surface area contributed by atoms with Crippen LogP contribution in [0.1, 0.15) is 65.7 Å². The standard InChI is InChI=1S/C15H28ClNO/c1-15(2,3)13(9-10-16)17-14(18)11-12-7-5-4-6-8-12/h12-13H,4-11H2,1-3H3,(H,17,18). The molecule has 0 saturated heterocycles. The first-order valence-electron chi connectivity index (χ1n) is 7.29. The molecule has 1 atom stereocenters. The first-order chi connectivity index (χ1) is 8.43. The second-order valence-corrected chi connectivity index (χ2v) is 7.05. The molecular weight excluding hydrogens is 246 g/mol. The molecule has 1 saturated carbocycles. The Balaban J connectivity index is 2.40. The number of alkyl halides is 1. The van der Waals surface area contributed by atoms with Crippen LogP contribution in [0.2, 0.25) is 0 Å². The molecule has 106 valence electrons. The highest BCUT2D eigenvalue weighted by atomic mass is 35.5. The van der Waals surface area contributed by atoms with Crippen molar-refractivity contribution in [2.75, 3.05) is 5.88 Å². The van der Waals surface area contributed by atoms with Gasteiger partial charge in [-0.1, -0.05) is 40.0 Å². The molecule has 0 aromatic heterocycles. The largest absolute Gasteiger partial charge is 0.353 e. The molecule has 0 radical (unpaired) electrons. The highest BCUT2D eigenvalue weighted by Crippen LogP contribution is 2.27. The quantitative estimate of drug-likeness (QED) is 0.750. The number of carbonyl (C=O) groups is 1. The minimum atomic E-state index is 0.0805. The number of rotatable bonds is 5. The predicted octanol–water partition coefficient (Wildman–Crippen LogP) is 4.12. The van der Waals surface area contributed by atoms with Gasteiger partial charge in [-0.3, -0.25) is 4.79 Å². The summed E-state index contributed by atoms with van der Waals surface area (Å²) in [4.78, 5) is 12.1. The van der Waals surface area contributed by atoms with E-state index in [4.69, 9.17) is 11.6 Å². The topological polar surface area (TPSA) is 29.1 Å². The molecule has 1 N–H and O–H groups in total. The molecule has 18 heavy (non-hydrogen) atoms. The lowest BCUT2D eigenvalue weighted by molar-refractivity contribution is -0.123. The fraction of sp³-hybridized carbons (Fsp3) is 0.933. The third-order valence-corrected chi connectivity index (χ3v) is 4.20. The van der Waals surface area contributed by atoms with Crippen LogP contribution in [0.4, 0.5) is 0 Å². The molecule has 1 rings (SSSR count). The van der Waals surface area contributed by atoms with E-state index in [2.05, 4.69) is 26.1 Å². The molecule has 1 fully saturated rings. The molecule has 0 aromatic rings. The number of halogens is 1. The summed E-state index contributed by atoms with van der Waals surface area (Å²) in [5, 5.41) is 3.18. The minimum Gasteiger partial charge on any atom is -0.353 e. The first-order valence-corrected chi connectivity index (χ1v) is 7.82. The van der Waals surface area contributed by atoms with Crippen molar-refractivity contribution in [3.63, 3.8) is 0 Å². The van der Waals surface area contributed by atoms with Crippen molar-refractivity contribution < 1.29 is 4.79 Å². The van der Waals surface area contributed by atoms with E-state index in [1.54, 1.807) is 0 Å². The molecule has 0 heterocycles. The molecule has 3 heteroatoms. The first kappa shape index (κ1) is 15.8. The number of nitrogens with one attached hydrogen (secondary N) is 1. The molecule has 2 nitrogen and oxygen atoms in total. The molecule has 1 aliphatic carbocycles. The normalized spacial score (nSPS) is 19.6. The average molecular weight is 274 g/mol. The van der Waals surface area contributed by atoms with Crippen molar-refractivity contribution in [1.82, 2.24) is 5.32 Å². The Labute approximate surface area is 117 Å². The van der Waals surface area contributed by atoms with E-state index < -0.39 is 0 Å². The second kappa shape index (κ2) is 7.37. The van der Waals surface area contributed by atoms with Gasteiger partial charge in [0.2, 0.25) is 5.91 Å². The van der Waals surface area contributed by atoms with Crippen LogP contribution in [0.5, 0.6) is 0 Å². The number of hydrogen-bond donors (Lipinski definition) is 1. The molecule has 1 unspecified atom stereocenters. The van der Waals surface area contributed by atoms with Crippen LogP contribution in [0.25, 0.3) is 0 Å². The summed E-state index contributed by atoms with van der Waals surface area (Å²) in [7, 11) is 0. The van der Waals surface area contributed by atoms with Gasteiger partial charge in [0.15, 0.2) is 0 Å². The van der Waals surface area contributed by atoms with Crippen LogP contribution in [-0.4, -0.2) is 17.8 Å². The molecule has 0 spiro atoms. The molecule has 0 aliphatic heterocycles. The number of carbonyl (C=O) groups excluding carboxylic acids is 1. The van der Waals surface area contributed by atoms with Gasteiger partial charge in [-0.2, -0.15) is 0 Å². The van der Waals surface area contributed by atoms with Gasteiger partial charge in [0.05, 0.1) is 0 Å². The Morgan fingerprint density at radius 1 is 1.28 bits per heavy atom. The van der Waals surface area contributed by atoms with Crippen molar-refractivity contribution in [2.24, 2.45) is 11.3 Å². The van der Waals surface area contributed by atoms with E-state index in [0.29, 0.717) is 18.2 Å². The van der Waals surface area contributed by atoms with Gasteiger partial charge in [-0.25, -0.2) is 0 Å². The van der Waals surface area contributed by atoms with Crippen molar-refractivity contribution in [3.05, 3.63) is 0 Å². The molecular formula is C15H28ClNO. The van der Waals surface area contributed by atoms with Crippen LogP contribution < -0.4 is 5.32 Å². The minimum absolute atomic E-state index is 0.0805. The lowest BCUT2D eigenvalue weighted by atomic mass is 9.84. The zero-order chi connectivity index (χ0) is 13.6. The molecule has 0 bridgehead atoms. The van der Waals surface area contributed by atoms with Crippen LogP contribution in [0, 0.1) is 11.3 Å². The van der Waals surface area contributed by atoms with E-state index in [1.165, 1.54) is 32.1 Å². The highest BCUT2D eigenvalue weighted by Gasteiger charge is 2.26. The Hall–Kier alpha value is -0.240. The Morgan fingerprint density at radius 3 is 2.39 bits per heavy atom. The lowest BCUT2D eigenvalue weighted by Gasteiger charge is -2.32. The maximum Gasteiger partial charge on any atom is 0.220 e. The van der Waals surface area contributed by atoms with Gasteiger partial charge in [-0.05, 0) is 30.6 Å². The third-order valence-electron chi connectivity index (χ3n) is 3.98. The fourth-order valence-corrected chi connectivity index (χ4v) is 2.96. The van der Waals surface area contributed by atoms with Crippen LogP contribution >= 0.6 is 11.6 Å². The third kappa shape index (κ3) is 5.60. The number of amides is 1. The van der Waals surface area contributed by atoms with Crippen LogP contribution in [0.15, 0.2) is 0 Å². The SMILES string of the molecule is CC(C)(C)C(CCCl)NC(=O)CC1CCCCC1. The van der Waals surface area contributed by atoms with Gasteiger partial charge in [0, 0.05) is 18.3 Å². The van der Waals surface area contributed by atoms with Gasteiger partial charge in [-0.15, -0.1) is 11.6 Å². The molecule has 0 aromatic carbocycles. The predicted molar refractivity (Wildman–Crippen MR) is 77.9 cm³/mol. The Bertz CT molecular complexity index is 254. The summed E-state index contributed by atoms with van der Waals surface area (Å²) in [6.45, 7) is 6.47. The summed E-state index contributed by atoms with van der Waals surface area (Å²) in [6, 6.07) is 0.186. The van der Waals surface area contributed by atoms with Crippen molar-refractivity contribution >= 4 is 17.5 Å². The second-order valence-electron chi connectivity index (χ2n) is 6.67. The molecule has 1 aliphatic rings. The Kier molecular flexibility index (Phi) is 6.48. The fourth-order valence-electron chi connectivity index (χ4n) is 2.74. The van der Waals surface area contributed by atoms with Gasteiger partial charge < -0.3 is 5.32 Å².